The second-order valence-electron chi connectivity index (χ2n) is 4.67. The van der Waals surface area contributed by atoms with Crippen LogP contribution in [0.2, 0.25) is 0 Å². The molecular formula is C13H8I3NO6S. The van der Waals surface area contributed by atoms with E-state index >= 15 is 0 Å². The number of imide groups is 1. The summed E-state index contributed by atoms with van der Waals surface area (Å²) in [5, 5.41) is 18.4. The smallest absolute Gasteiger partial charge is 0.337 e. The fourth-order valence-corrected chi connectivity index (χ4v) is 7.44. The van der Waals surface area contributed by atoms with Crippen molar-refractivity contribution in [3.63, 3.8) is 0 Å². The average molecular weight is 687 g/mol. The van der Waals surface area contributed by atoms with Crippen LogP contribution < -0.4 is 4.90 Å². The van der Waals surface area contributed by atoms with Gasteiger partial charge in [0.1, 0.15) is 0 Å². The highest BCUT2D eigenvalue weighted by molar-refractivity contribution is 14.1. The molecule has 11 heteroatoms. The molecule has 0 aromatic heterocycles. The molecule has 0 aliphatic carbocycles. The molecule has 1 aliphatic rings. The van der Waals surface area contributed by atoms with Gasteiger partial charge in [-0.1, -0.05) is 0 Å². The monoisotopic (exact) mass is 687 g/mol. The zero-order valence-corrected chi connectivity index (χ0v) is 19.1. The first-order chi connectivity index (χ1) is 11.1. The summed E-state index contributed by atoms with van der Waals surface area (Å²) in [5.74, 6) is -3.55. The van der Waals surface area contributed by atoms with E-state index in [1.54, 1.807) is 74.7 Å². The lowest BCUT2D eigenvalue weighted by Gasteiger charge is -2.31. The highest BCUT2D eigenvalue weighted by atomic mass is 127. The third-order valence-corrected chi connectivity index (χ3v) is 7.51. The molecule has 1 heterocycles. The molecule has 0 radical (unpaired) electrons. The SMILES string of the molecule is CC1SCC(=O)N(c2c(I)c(C(=O)O)c(I)c(C(=O)O)c2I)C1=O. The summed E-state index contributed by atoms with van der Waals surface area (Å²) in [4.78, 5) is 48.9. The van der Waals surface area contributed by atoms with Crippen LogP contribution in [0.4, 0.5) is 5.69 Å². The lowest BCUT2D eigenvalue weighted by molar-refractivity contribution is -0.125. The van der Waals surface area contributed by atoms with E-state index in [0.717, 1.165) is 4.90 Å². The van der Waals surface area contributed by atoms with Gasteiger partial charge in [0.25, 0.3) is 0 Å². The van der Waals surface area contributed by atoms with Gasteiger partial charge >= 0.3 is 11.9 Å². The van der Waals surface area contributed by atoms with Gasteiger partial charge in [-0.25, -0.2) is 14.5 Å². The van der Waals surface area contributed by atoms with Crippen LogP contribution in [-0.2, 0) is 9.59 Å². The number of thioether (sulfide) groups is 1. The Kier molecular flexibility index (Phi) is 6.39. The molecule has 1 atom stereocenters. The Labute approximate surface area is 181 Å². The van der Waals surface area contributed by atoms with Crippen molar-refractivity contribution < 1.29 is 29.4 Å². The maximum Gasteiger partial charge on any atom is 0.337 e. The molecule has 1 unspecified atom stereocenters. The van der Waals surface area contributed by atoms with E-state index in [9.17, 15) is 29.4 Å². The number of amides is 2. The molecule has 1 aliphatic heterocycles. The maximum atomic E-state index is 12.5. The molecule has 1 aromatic carbocycles. The van der Waals surface area contributed by atoms with Crippen LogP contribution in [0.15, 0.2) is 0 Å². The minimum atomic E-state index is -1.32. The predicted octanol–water partition coefficient (Wildman–Crippen LogP) is 2.89. The molecule has 24 heavy (non-hydrogen) atoms. The van der Waals surface area contributed by atoms with Gasteiger partial charge in [-0.2, -0.15) is 0 Å². The maximum absolute atomic E-state index is 12.5. The first-order valence-corrected chi connectivity index (χ1v) is 10.5. The van der Waals surface area contributed by atoms with E-state index < -0.39 is 29.0 Å². The lowest BCUT2D eigenvalue weighted by Crippen LogP contribution is -2.48. The van der Waals surface area contributed by atoms with Crippen LogP contribution in [0.5, 0.6) is 0 Å². The molecule has 1 saturated heterocycles. The quantitative estimate of drug-likeness (QED) is 0.372. The first kappa shape index (κ1) is 20.2. The van der Waals surface area contributed by atoms with Crippen molar-refractivity contribution in [2.75, 3.05) is 10.7 Å². The third kappa shape index (κ3) is 3.40. The van der Waals surface area contributed by atoms with Gasteiger partial charge in [-0.3, -0.25) is 9.59 Å². The molecule has 0 spiro atoms. The molecule has 128 valence electrons. The van der Waals surface area contributed by atoms with Gasteiger partial charge < -0.3 is 10.2 Å². The average Bonchev–Trinajstić information content (AvgIpc) is 2.45. The molecule has 0 bridgehead atoms. The van der Waals surface area contributed by atoms with Crippen molar-refractivity contribution in [1.29, 1.82) is 0 Å². The summed E-state index contributed by atoms with van der Waals surface area (Å²) in [5.41, 5.74) is -0.417. The number of carbonyl (C=O) groups is 4. The lowest BCUT2D eigenvalue weighted by atomic mass is 10.1. The number of rotatable bonds is 3. The highest BCUT2D eigenvalue weighted by Crippen LogP contribution is 2.40. The van der Waals surface area contributed by atoms with E-state index in [4.69, 9.17) is 0 Å². The molecule has 0 saturated carbocycles. The van der Waals surface area contributed by atoms with Crippen LogP contribution in [-0.4, -0.2) is 45.0 Å². The van der Waals surface area contributed by atoms with E-state index in [2.05, 4.69) is 0 Å². The van der Waals surface area contributed by atoms with Crippen molar-refractivity contribution in [3.8, 4) is 0 Å². The fraction of sp³-hybridized carbons (Fsp3) is 0.231. The topological polar surface area (TPSA) is 112 Å². The summed E-state index contributed by atoms with van der Waals surface area (Å²) < 4.78 is 0.392. The molecule has 2 amide bonds. The number of halogens is 3. The molecule has 2 rings (SSSR count). The zero-order valence-electron chi connectivity index (χ0n) is 11.8. The summed E-state index contributed by atoms with van der Waals surface area (Å²) in [6.07, 6.45) is 0. The van der Waals surface area contributed by atoms with Gasteiger partial charge in [-0.15, -0.1) is 11.8 Å². The molecular weight excluding hydrogens is 679 g/mol. The normalized spacial score (nSPS) is 18.0. The van der Waals surface area contributed by atoms with E-state index in [1.807, 2.05) is 0 Å². The number of anilines is 1. The Morgan fingerprint density at radius 1 is 1.04 bits per heavy atom. The Morgan fingerprint density at radius 3 is 1.92 bits per heavy atom. The van der Waals surface area contributed by atoms with E-state index in [1.165, 1.54) is 11.8 Å². The van der Waals surface area contributed by atoms with Crippen molar-refractivity contribution in [1.82, 2.24) is 0 Å². The molecule has 1 aromatic rings. The van der Waals surface area contributed by atoms with Gasteiger partial charge in [-0.05, 0) is 74.7 Å². The second-order valence-corrected chi connectivity index (χ2v) is 9.24. The number of carbonyl (C=O) groups excluding carboxylic acids is 2. The molecule has 2 N–H and O–H groups in total. The van der Waals surface area contributed by atoms with Gasteiger partial charge in [0.05, 0.1) is 35.0 Å². The van der Waals surface area contributed by atoms with Crippen molar-refractivity contribution in [3.05, 3.63) is 21.8 Å². The van der Waals surface area contributed by atoms with Crippen molar-refractivity contribution >= 4 is 109 Å². The van der Waals surface area contributed by atoms with Crippen LogP contribution in [0.1, 0.15) is 27.6 Å². The standard InChI is InChI=1S/C13H8I3NO6S/c1-3-11(19)17(4(18)2-24-3)10-8(15)5(12(20)21)7(14)6(9(10)16)13(22)23/h3H,2H2,1H3,(H,20,21)(H,22,23). The number of carboxylic acid groups (broad SMARTS) is 2. The third-order valence-electron chi connectivity index (χ3n) is 3.22. The van der Waals surface area contributed by atoms with Gasteiger partial charge in [0.2, 0.25) is 11.8 Å². The molecule has 7 nitrogen and oxygen atoms in total. The first-order valence-electron chi connectivity index (χ1n) is 6.25. The predicted molar refractivity (Wildman–Crippen MR) is 113 cm³/mol. The Morgan fingerprint density at radius 2 is 1.50 bits per heavy atom. The summed E-state index contributed by atoms with van der Waals surface area (Å²) in [6, 6.07) is 0. The number of carboxylic acids is 2. The fourth-order valence-electron chi connectivity index (χ4n) is 2.09. The van der Waals surface area contributed by atoms with Crippen LogP contribution >= 0.6 is 79.5 Å². The summed E-state index contributed by atoms with van der Waals surface area (Å²) in [7, 11) is 0. The number of nitrogens with zero attached hydrogens (tertiary/aromatic N) is 1. The highest BCUT2D eigenvalue weighted by Gasteiger charge is 2.39. The van der Waals surface area contributed by atoms with E-state index in [-0.39, 0.29) is 33.3 Å². The van der Waals surface area contributed by atoms with Crippen LogP contribution in [0, 0.1) is 10.7 Å². The van der Waals surface area contributed by atoms with Crippen molar-refractivity contribution in [2.24, 2.45) is 0 Å². The van der Waals surface area contributed by atoms with Gasteiger partial charge in [0, 0.05) is 3.57 Å². The van der Waals surface area contributed by atoms with E-state index in [0.29, 0.717) is 0 Å². The number of benzene rings is 1. The largest absolute Gasteiger partial charge is 0.478 e. The minimum absolute atomic E-state index is 0.0357. The van der Waals surface area contributed by atoms with Gasteiger partial charge in [0.15, 0.2) is 0 Å². The Hall–Kier alpha value is -0.160. The van der Waals surface area contributed by atoms with Crippen LogP contribution in [0.3, 0.4) is 0 Å². The summed E-state index contributed by atoms with van der Waals surface area (Å²) in [6.45, 7) is 1.65. The summed E-state index contributed by atoms with van der Waals surface area (Å²) >= 11 is 6.33. The Balaban J connectivity index is 2.88. The van der Waals surface area contributed by atoms with Crippen molar-refractivity contribution in [2.45, 2.75) is 12.2 Å². The van der Waals surface area contributed by atoms with Crippen LogP contribution in [0.25, 0.3) is 0 Å². The molecule has 1 fully saturated rings. The number of hydrogen-bond acceptors (Lipinski definition) is 5. The minimum Gasteiger partial charge on any atom is -0.478 e. The Bertz CT molecular complexity index is 755. The number of aromatic carboxylic acids is 2. The second kappa shape index (κ2) is 7.61. The zero-order chi connectivity index (χ0) is 18.3. The number of hydrogen-bond donors (Lipinski definition) is 2.